The van der Waals surface area contributed by atoms with Gasteiger partial charge < -0.3 is 9.52 Å². The van der Waals surface area contributed by atoms with Crippen molar-refractivity contribution in [1.29, 1.82) is 0 Å². The number of hydrogen-bond acceptors (Lipinski definition) is 3. The van der Waals surface area contributed by atoms with E-state index in [1.165, 1.54) is 6.20 Å². The maximum atomic E-state index is 10.5. The lowest BCUT2D eigenvalue weighted by molar-refractivity contribution is -0.136. The molecule has 17 heavy (non-hydrogen) atoms. The zero-order chi connectivity index (χ0) is 12.3. The number of benzene rings is 1. The van der Waals surface area contributed by atoms with E-state index in [0.29, 0.717) is 18.1 Å². The van der Waals surface area contributed by atoms with Crippen LogP contribution in [0.4, 0.5) is 0 Å². The van der Waals surface area contributed by atoms with Crippen molar-refractivity contribution in [3.05, 3.63) is 52.1 Å². The smallest absolute Gasteiger partial charge is 0.311 e. The molecule has 0 bridgehead atoms. The Morgan fingerprint density at radius 1 is 1.41 bits per heavy atom. The Labute approximate surface area is 106 Å². The van der Waals surface area contributed by atoms with Crippen molar-refractivity contribution in [1.82, 2.24) is 4.98 Å². The highest BCUT2D eigenvalue weighted by Crippen LogP contribution is 2.19. The molecule has 0 aliphatic heterocycles. The molecule has 0 saturated carbocycles. The second kappa shape index (κ2) is 5.14. The molecule has 1 heterocycles. The van der Waals surface area contributed by atoms with E-state index in [1.54, 1.807) is 0 Å². The number of aliphatic carboxylic acids is 1. The summed E-state index contributed by atoms with van der Waals surface area (Å²) < 4.78 is 6.32. The Balaban J connectivity index is 2.12. The van der Waals surface area contributed by atoms with Crippen molar-refractivity contribution >= 4 is 21.9 Å². The lowest BCUT2D eigenvalue weighted by atomic mass is 10.1. The first-order valence-electron chi connectivity index (χ1n) is 5.04. The van der Waals surface area contributed by atoms with Crippen LogP contribution in [-0.4, -0.2) is 16.1 Å². The standard InChI is InChI=1S/C12H10BrNO3/c13-10-4-2-1-3-8(10)5-11-14-7-9(17-11)6-12(15)16/h1-4,7H,5-6H2,(H,15,16). The van der Waals surface area contributed by atoms with Crippen LogP contribution >= 0.6 is 15.9 Å². The van der Waals surface area contributed by atoms with E-state index in [1.807, 2.05) is 24.3 Å². The predicted octanol–water partition coefficient (Wildman–Crippen LogP) is 2.66. The molecular formula is C12H10BrNO3. The molecule has 0 aliphatic carbocycles. The van der Waals surface area contributed by atoms with Gasteiger partial charge in [-0.2, -0.15) is 0 Å². The molecular weight excluding hydrogens is 286 g/mol. The van der Waals surface area contributed by atoms with Crippen molar-refractivity contribution in [2.75, 3.05) is 0 Å². The average Bonchev–Trinajstić information content (AvgIpc) is 2.68. The summed E-state index contributed by atoms with van der Waals surface area (Å²) in [5, 5.41) is 8.61. The van der Waals surface area contributed by atoms with Crippen LogP contribution in [-0.2, 0) is 17.6 Å². The zero-order valence-electron chi connectivity index (χ0n) is 8.89. The summed E-state index contributed by atoms with van der Waals surface area (Å²) >= 11 is 3.44. The third-order valence-corrected chi connectivity index (χ3v) is 3.00. The fourth-order valence-electron chi connectivity index (χ4n) is 1.47. The van der Waals surface area contributed by atoms with Crippen molar-refractivity contribution in [2.45, 2.75) is 12.8 Å². The average molecular weight is 296 g/mol. The predicted molar refractivity (Wildman–Crippen MR) is 64.8 cm³/mol. The summed E-state index contributed by atoms with van der Waals surface area (Å²) in [5.41, 5.74) is 1.05. The lowest BCUT2D eigenvalue weighted by Gasteiger charge is -2.00. The van der Waals surface area contributed by atoms with Crippen molar-refractivity contribution in [3.63, 3.8) is 0 Å². The normalized spacial score (nSPS) is 10.4. The highest BCUT2D eigenvalue weighted by atomic mass is 79.9. The van der Waals surface area contributed by atoms with Gasteiger partial charge in [0.2, 0.25) is 0 Å². The van der Waals surface area contributed by atoms with Gasteiger partial charge in [-0.05, 0) is 11.6 Å². The molecule has 1 N–H and O–H groups in total. The summed E-state index contributed by atoms with van der Waals surface area (Å²) in [4.78, 5) is 14.5. The second-order valence-corrected chi connectivity index (χ2v) is 4.41. The van der Waals surface area contributed by atoms with Gasteiger partial charge in [0.15, 0.2) is 5.89 Å². The molecule has 0 spiro atoms. The largest absolute Gasteiger partial charge is 0.481 e. The van der Waals surface area contributed by atoms with Gasteiger partial charge in [0.05, 0.1) is 12.6 Å². The molecule has 5 heteroatoms. The van der Waals surface area contributed by atoms with E-state index in [4.69, 9.17) is 9.52 Å². The van der Waals surface area contributed by atoms with Crippen molar-refractivity contribution in [2.24, 2.45) is 0 Å². The fourth-order valence-corrected chi connectivity index (χ4v) is 1.89. The van der Waals surface area contributed by atoms with Gasteiger partial charge in [0.1, 0.15) is 12.2 Å². The minimum atomic E-state index is -0.923. The summed E-state index contributed by atoms with van der Waals surface area (Å²) in [6, 6.07) is 7.77. The Morgan fingerprint density at radius 2 is 2.18 bits per heavy atom. The highest BCUT2D eigenvalue weighted by molar-refractivity contribution is 9.10. The Bertz CT molecular complexity index is 536. The lowest BCUT2D eigenvalue weighted by Crippen LogP contribution is -1.98. The summed E-state index contributed by atoms with van der Waals surface area (Å²) in [5.74, 6) is -0.0266. The third-order valence-electron chi connectivity index (χ3n) is 2.23. The van der Waals surface area contributed by atoms with Crippen LogP contribution in [0.15, 0.2) is 39.4 Å². The molecule has 2 rings (SSSR count). The number of carbonyl (C=O) groups is 1. The molecule has 0 unspecified atom stereocenters. The highest BCUT2D eigenvalue weighted by Gasteiger charge is 2.09. The van der Waals surface area contributed by atoms with Gasteiger partial charge in [-0.1, -0.05) is 34.1 Å². The Kier molecular flexibility index (Phi) is 3.58. The maximum absolute atomic E-state index is 10.5. The molecule has 0 aliphatic rings. The topological polar surface area (TPSA) is 63.3 Å². The molecule has 0 fully saturated rings. The van der Waals surface area contributed by atoms with Crippen LogP contribution in [0.2, 0.25) is 0 Å². The minimum absolute atomic E-state index is 0.136. The van der Waals surface area contributed by atoms with Crippen LogP contribution in [0.25, 0.3) is 0 Å². The first-order chi connectivity index (χ1) is 8.15. The minimum Gasteiger partial charge on any atom is -0.481 e. The van der Waals surface area contributed by atoms with Crippen LogP contribution in [0.3, 0.4) is 0 Å². The number of oxazole rings is 1. The van der Waals surface area contributed by atoms with E-state index in [2.05, 4.69) is 20.9 Å². The molecule has 88 valence electrons. The Hall–Kier alpha value is -1.62. The molecule has 1 aromatic carbocycles. The van der Waals surface area contributed by atoms with Gasteiger partial charge in [-0.15, -0.1) is 0 Å². The first kappa shape index (κ1) is 11.9. The molecule has 2 aromatic rings. The molecule has 0 atom stereocenters. The summed E-state index contributed by atoms with van der Waals surface area (Å²) in [7, 11) is 0. The SMILES string of the molecule is O=C(O)Cc1cnc(Cc2ccccc2Br)o1. The number of rotatable bonds is 4. The number of aromatic nitrogens is 1. The molecule has 0 radical (unpaired) electrons. The Morgan fingerprint density at radius 3 is 2.88 bits per heavy atom. The summed E-state index contributed by atoms with van der Waals surface area (Å²) in [6.45, 7) is 0. The van der Waals surface area contributed by atoms with E-state index in [9.17, 15) is 4.79 Å². The van der Waals surface area contributed by atoms with E-state index in [0.717, 1.165) is 10.0 Å². The number of hydrogen-bond donors (Lipinski definition) is 1. The van der Waals surface area contributed by atoms with Crippen molar-refractivity contribution < 1.29 is 14.3 Å². The van der Waals surface area contributed by atoms with E-state index < -0.39 is 5.97 Å². The third kappa shape index (κ3) is 3.17. The molecule has 0 amide bonds. The van der Waals surface area contributed by atoms with Crippen LogP contribution in [0, 0.1) is 0 Å². The van der Waals surface area contributed by atoms with Gasteiger partial charge in [-0.25, -0.2) is 4.98 Å². The van der Waals surface area contributed by atoms with Gasteiger partial charge in [0, 0.05) is 4.47 Å². The van der Waals surface area contributed by atoms with Crippen LogP contribution in [0.5, 0.6) is 0 Å². The number of carboxylic acids is 1. The van der Waals surface area contributed by atoms with Gasteiger partial charge in [-0.3, -0.25) is 4.79 Å². The zero-order valence-corrected chi connectivity index (χ0v) is 10.5. The first-order valence-corrected chi connectivity index (χ1v) is 5.83. The summed E-state index contributed by atoms with van der Waals surface area (Å²) in [6.07, 6.45) is 1.87. The number of carboxylic acid groups (broad SMARTS) is 1. The van der Waals surface area contributed by atoms with Gasteiger partial charge in [0.25, 0.3) is 0 Å². The molecule has 0 saturated heterocycles. The molecule has 1 aromatic heterocycles. The van der Waals surface area contributed by atoms with Crippen LogP contribution in [0.1, 0.15) is 17.2 Å². The number of nitrogens with zero attached hydrogens (tertiary/aromatic N) is 1. The monoisotopic (exact) mass is 295 g/mol. The second-order valence-electron chi connectivity index (χ2n) is 3.56. The molecule has 4 nitrogen and oxygen atoms in total. The van der Waals surface area contributed by atoms with Crippen LogP contribution < -0.4 is 0 Å². The number of halogens is 1. The van der Waals surface area contributed by atoms with E-state index in [-0.39, 0.29) is 6.42 Å². The van der Waals surface area contributed by atoms with E-state index >= 15 is 0 Å². The quantitative estimate of drug-likeness (QED) is 0.942. The van der Waals surface area contributed by atoms with Gasteiger partial charge >= 0.3 is 5.97 Å². The maximum Gasteiger partial charge on any atom is 0.311 e. The fraction of sp³-hybridized carbons (Fsp3) is 0.167. The van der Waals surface area contributed by atoms with Crippen molar-refractivity contribution in [3.8, 4) is 0 Å².